The van der Waals surface area contributed by atoms with Crippen LogP contribution in [0, 0.1) is 51.8 Å². The van der Waals surface area contributed by atoms with Gasteiger partial charge in [0.05, 0.1) is 0 Å². The smallest absolute Gasteiger partial charge is 0.00889 e. The maximum absolute atomic E-state index is 3.03. The van der Waals surface area contributed by atoms with E-state index in [2.05, 4.69) is 250 Å². The summed E-state index contributed by atoms with van der Waals surface area (Å²) < 4.78 is 0. The van der Waals surface area contributed by atoms with Crippen LogP contribution in [0.25, 0.3) is 0 Å². The minimum absolute atomic E-state index is 0. The Morgan fingerprint density at radius 3 is 0.639 bits per heavy atom. The Balaban J connectivity index is -0.0000000554. The number of hydrogen-bond acceptors (Lipinski definition) is 0. The standard InChI is InChI=1S/C18H34.C12H22.C11H22.C10H14.C8H16.C7H12.2C4H10.3C2H6.3W/c1-13(2)15(5)17(7,8)11-12-18(9,10)16(6)14(3)4;1-9(2)11(5)7-8-12(6)10(3)4;1-7-8-11(5,6)10(4)9(2)3;1-3-5-7-9-10-8-6-4-2;1-5-6-8(4)7(2)3;1-3-5-7-6-4-2;2*1-3-4-2;3*1-2;;;/h11-12H2,1-10H3;7-8H2,1-6H3;7-8H2,1-6H3;7-10H2,1-2H3;5-6H2,1-4H3;3,5,7H2,1-2H3;2*3-4H2,1-2H3;3*1-2H3;;;. The maximum atomic E-state index is 3.03. The molecule has 83 heavy (non-hydrogen) atoms. The van der Waals surface area contributed by atoms with E-state index in [1.165, 1.54) is 147 Å². The van der Waals surface area contributed by atoms with Crippen molar-refractivity contribution in [3.8, 4) is 35.5 Å². The molecule has 3 heteroatoms. The van der Waals surface area contributed by atoms with Crippen molar-refractivity contribution in [1.82, 2.24) is 0 Å². The third-order valence-corrected chi connectivity index (χ3v) is 14.6. The fraction of sp³-hybridized carbons (Fsp3) is 0.775. The molecule has 0 fully saturated rings. The second-order valence-electron chi connectivity index (χ2n) is 24.0. The minimum atomic E-state index is 0. The van der Waals surface area contributed by atoms with Gasteiger partial charge in [-0.05, 0) is 219 Å². The molecule has 0 unspecified atom stereocenters. The normalized spacial score (nSPS) is 8.82. The van der Waals surface area contributed by atoms with Gasteiger partial charge in [-0.2, -0.15) is 0 Å². The first-order chi connectivity index (χ1) is 37.1. The monoisotopic (exact) mass is 1670 g/mol. The van der Waals surface area contributed by atoms with Gasteiger partial charge >= 0.3 is 0 Å². The molecule has 0 aliphatic carbocycles. The van der Waals surface area contributed by atoms with E-state index in [1.54, 1.807) is 22.3 Å². The molecule has 0 heterocycles. The van der Waals surface area contributed by atoms with Crippen molar-refractivity contribution < 1.29 is 63.2 Å². The van der Waals surface area contributed by atoms with Crippen molar-refractivity contribution in [2.24, 2.45) is 16.2 Å². The van der Waals surface area contributed by atoms with Gasteiger partial charge in [-0.1, -0.05) is 243 Å². The van der Waals surface area contributed by atoms with Crippen LogP contribution >= 0.6 is 0 Å². The van der Waals surface area contributed by atoms with Gasteiger partial charge in [-0.25, -0.2) is 0 Å². The van der Waals surface area contributed by atoms with Crippen LogP contribution in [0.5, 0.6) is 0 Å². The molecule has 0 rings (SSSR count). The first-order valence-corrected chi connectivity index (χ1v) is 33.1. The number of hydrogen-bond donors (Lipinski definition) is 0. The van der Waals surface area contributed by atoms with Crippen LogP contribution in [-0.4, -0.2) is 0 Å². The molecular weight excluding hydrogens is 1510 g/mol. The second-order valence-corrected chi connectivity index (χ2v) is 24.0. The maximum Gasteiger partial charge on any atom is 0.00889 e. The average Bonchev–Trinajstić information content (AvgIpc) is 3.42. The second kappa shape index (κ2) is 85.4. The molecule has 0 aromatic rings. The molecule has 0 N–H and O–H groups in total. The predicted molar refractivity (Wildman–Crippen MR) is 387 cm³/mol. The fourth-order valence-electron chi connectivity index (χ4n) is 6.41. The van der Waals surface area contributed by atoms with Gasteiger partial charge in [-0.3, -0.25) is 0 Å². The summed E-state index contributed by atoms with van der Waals surface area (Å²) in [5.41, 5.74) is 19.2. The van der Waals surface area contributed by atoms with E-state index in [0.29, 0.717) is 16.2 Å². The summed E-state index contributed by atoms with van der Waals surface area (Å²) in [7, 11) is 0. The van der Waals surface area contributed by atoms with Crippen LogP contribution in [0.4, 0.5) is 0 Å². The number of allylic oxidation sites excluding steroid dienone is 12. The molecule has 0 saturated heterocycles. The quantitative estimate of drug-likeness (QED) is 0.0647. The Hall–Kier alpha value is -0.815. The first-order valence-electron chi connectivity index (χ1n) is 33.1. The molecule has 0 spiro atoms. The van der Waals surface area contributed by atoms with E-state index in [-0.39, 0.29) is 63.2 Å². The van der Waals surface area contributed by atoms with Crippen molar-refractivity contribution in [2.75, 3.05) is 0 Å². The van der Waals surface area contributed by atoms with E-state index in [0.717, 1.165) is 19.3 Å². The molecule has 0 bridgehead atoms. The van der Waals surface area contributed by atoms with Gasteiger partial charge < -0.3 is 0 Å². The first kappa shape index (κ1) is 117. The molecule has 0 aromatic carbocycles. The van der Waals surface area contributed by atoms with E-state index in [4.69, 9.17) is 0 Å². The molecule has 0 atom stereocenters. The largest absolute Gasteiger partial charge is 0.107 e. The van der Waals surface area contributed by atoms with Crippen molar-refractivity contribution >= 4 is 0 Å². The summed E-state index contributed by atoms with van der Waals surface area (Å²) >= 11 is 0. The zero-order valence-corrected chi connectivity index (χ0v) is 74.0. The molecule has 0 aliphatic heterocycles. The van der Waals surface area contributed by atoms with Gasteiger partial charge in [0, 0.05) is 82.5 Å². The Morgan fingerprint density at radius 2 is 0.482 bits per heavy atom. The van der Waals surface area contributed by atoms with Crippen molar-refractivity contribution in [2.45, 2.75) is 399 Å². The Kier molecular flexibility index (Phi) is 120. The molecule has 0 nitrogen and oxygen atoms in total. The van der Waals surface area contributed by atoms with Crippen molar-refractivity contribution in [3.63, 3.8) is 0 Å². The van der Waals surface area contributed by atoms with Gasteiger partial charge in [0.25, 0.3) is 0 Å². The third kappa shape index (κ3) is 95.0. The average molecular weight is 1670 g/mol. The van der Waals surface area contributed by atoms with Gasteiger partial charge in [0.2, 0.25) is 0 Å². The van der Waals surface area contributed by atoms with E-state index >= 15 is 0 Å². The summed E-state index contributed by atoms with van der Waals surface area (Å²) in [6, 6.07) is 0. The Labute approximate surface area is 576 Å². The molecule has 0 aromatic heterocycles. The summed E-state index contributed by atoms with van der Waals surface area (Å²) in [6.07, 6.45) is 23.4. The topological polar surface area (TPSA) is 0 Å². The fourth-order valence-corrected chi connectivity index (χ4v) is 6.41. The van der Waals surface area contributed by atoms with Crippen LogP contribution in [0.3, 0.4) is 0 Å². The third-order valence-electron chi connectivity index (χ3n) is 14.6. The van der Waals surface area contributed by atoms with Gasteiger partial charge in [0.15, 0.2) is 0 Å². The zero-order chi connectivity index (χ0) is 66.1. The molecular formula is C80H158W3. The van der Waals surface area contributed by atoms with E-state index < -0.39 is 0 Å². The zero-order valence-electron chi connectivity index (χ0n) is 65.2. The molecule has 0 amide bonds. The number of rotatable bonds is 20. The van der Waals surface area contributed by atoms with Crippen LogP contribution in [0.15, 0.2) is 66.9 Å². The number of unbranched alkanes of at least 4 members (excludes halogenated alkanes) is 7. The van der Waals surface area contributed by atoms with E-state index in [9.17, 15) is 0 Å². The van der Waals surface area contributed by atoms with E-state index in [1.807, 2.05) is 62.3 Å². The molecule has 0 radical (unpaired) electrons. The van der Waals surface area contributed by atoms with Crippen LogP contribution < -0.4 is 0 Å². The van der Waals surface area contributed by atoms with Gasteiger partial charge in [0.1, 0.15) is 0 Å². The van der Waals surface area contributed by atoms with Crippen LogP contribution in [-0.2, 0) is 63.2 Å². The summed E-state index contributed by atoms with van der Waals surface area (Å²) in [5, 5.41) is 0. The van der Waals surface area contributed by atoms with Crippen LogP contribution in [0.2, 0.25) is 0 Å². The molecule has 0 saturated carbocycles. The summed E-state index contributed by atoms with van der Waals surface area (Å²) in [4.78, 5) is 0. The molecule has 0 aliphatic rings. The predicted octanol–water partition coefficient (Wildman–Crippen LogP) is 29.8. The van der Waals surface area contributed by atoms with Gasteiger partial charge in [-0.15, -0.1) is 35.5 Å². The Bertz CT molecular complexity index is 1630. The minimum Gasteiger partial charge on any atom is -0.107 e. The Morgan fingerprint density at radius 1 is 0.265 bits per heavy atom. The van der Waals surface area contributed by atoms with Crippen molar-refractivity contribution in [3.05, 3.63) is 66.9 Å². The SMILES string of the molecule is CC.CC.CC.CC#CCCCC.CC#CCCCCC#CC.CC(C)=C(C)C(C)(C)CCC(C)(C)C(C)=C(C)C.CC(C)=C(C)CCC(C)=C(C)C.CCCC.CCCC.CCCC(C)(C)C(C)=C(C)C.CCCC(C)=C(C)C.[W].[W].[W]. The van der Waals surface area contributed by atoms with Crippen LogP contribution in [0.1, 0.15) is 399 Å². The molecule has 496 valence electrons. The summed E-state index contributed by atoms with van der Waals surface area (Å²) in [5.74, 6) is 17.7. The van der Waals surface area contributed by atoms with Crippen molar-refractivity contribution in [1.29, 1.82) is 0 Å². The summed E-state index contributed by atoms with van der Waals surface area (Å²) in [6.45, 7) is 87.1.